The maximum absolute atomic E-state index is 12.3. The lowest BCUT2D eigenvalue weighted by atomic mass is 10.1. The van der Waals surface area contributed by atoms with E-state index in [4.69, 9.17) is 0 Å². The normalized spacial score (nSPS) is 11.2. The molecule has 0 saturated heterocycles. The van der Waals surface area contributed by atoms with Gasteiger partial charge < -0.3 is 5.32 Å². The zero-order chi connectivity index (χ0) is 16.3. The Balaban J connectivity index is 2.31. The number of aryl methyl sites for hydroxylation is 2. The molecule has 0 heterocycles. The van der Waals surface area contributed by atoms with Crippen molar-refractivity contribution in [2.45, 2.75) is 18.7 Å². The number of carbonyl (C=O) groups is 1. The summed E-state index contributed by atoms with van der Waals surface area (Å²) in [5, 5.41) is 2.81. The van der Waals surface area contributed by atoms with Crippen LogP contribution in [0.3, 0.4) is 0 Å². The Morgan fingerprint density at radius 1 is 1.05 bits per heavy atom. The summed E-state index contributed by atoms with van der Waals surface area (Å²) in [7, 11) is -2.24. The van der Waals surface area contributed by atoms with Crippen molar-refractivity contribution in [1.82, 2.24) is 4.72 Å². The molecule has 0 spiro atoms. The average molecular weight is 318 g/mol. The second kappa shape index (κ2) is 6.29. The van der Waals surface area contributed by atoms with E-state index < -0.39 is 10.0 Å². The van der Waals surface area contributed by atoms with Gasteiger partial charge in [-0.3, -0.25) is 4.79 Å². The van der Waals surface area contributed by atoms with Crippen LogP contribution < -0.4 is 10.0 Å². The fraction of sp³-hybridized carbons (Fsp3) is 0.188. The smallest absolute Gasteiger partial charge is 0.255 e. The molecule has 2 rings (SSSR count). The SMILES string of the molecule is CNS(=O)(=O)c1cccc(C(=O)Nc2cc(C)ccc2C)c1. The Kier molecular flexibility index (Phi) is 4.63. The lowest BCUT2D eigenvalue weighted by Gasteiger charge is -2.10. The molecule has 2 aromatic carbocycles. The summed E-state index contributed by atoms with van der Waals surface area (Å²) in [6, 6.07) is 11.7. The lowest BCUT2D eigenvalue weighted by Crippen LogP contribution is -2.19. The van der Waals surface area contributed by atoms with Crippen molar-refractivity contribution < 1.29 is 13.2 Å². The van der Waals surface area contributed by atoms with Gasteiger partial charge in [0.1, 0.15) is 0 Å². The molecule has 0 aromatic heterocycles. The molecule has 22 heavy (non-hydrogen) atoms. The molecule has 0 aliphatic heterocycles. The maximum atomic E-state index is 12.3. The zero-order valence-corrected chi connectivity index (χ0v) is 13.5. The first-order valence-electron chi connectivity index (χ1n) is 6.76. The summed E-state index contributed by atoms with van der Waals surface area (Å²) in [4.78, 5) is 12.4. The largest absolute Gasteiger partial charge is 0.322 e. The van der Waals surface area contributed by atoms with Crippen LogP contribution in [0.15, 0.2) is 47.4 Å². The van der Waals surface area contributed by atoms with Crippen LogP contribution in [0.25, 0.3) is 0 Å². The lowest BCUT2D eigenvalue weighted by molar-refractivity contribution is 0.102. The van der Waals surface area contributed by atoms with Crippen molar-refractivity contribution in [1.29, 1.82) is 0 Å². The molecule has 116 valence electrons. The Morgan fingerprint density at radius 3 is 2.45 bits per heavy atom. The molecule has 2 aromatic rings. The van der Waals surface area contributed by atoms with E-state index in [1.165, 1.54) is 19.2 Å². The standard InChI is InChI=1S/C16H18N2O3S/c1-11-7-8-12(2)15(9-11)18-16(19)13-5-4-6-14(10-13)22(20,21)17-3/h4-10,17H,1-3H3,(H,18,19). The van der Waals surface area contributed by atoms with Crippen LogP contribution in [-0.2, 0) is 10.0 Å². The maximum Gasteiger partial charge on any atom is 0.255 e. The van der Waals surface area contributed by atoms with Crippen LogP contribution in [-0.4, -0.2) is 21.4 Å². The van der Waals surface area contributed by atoms with Gasteiger partial charge in [-0.05, 0) is 56.3 Å². The number of carbonyl (C=O) groups excluding carboxylic acids is 1. The van der Waals surface area contributed by atoms with Crippen molar-refractivity contribution in [3.05, 3.63) is 59.2 Å². The minimum absolute atomic E-state index is 0.0589. The van der Waals surface area contributed by atoms with Gasteiger partial charge in [-0.15, -0.1) is 0 Å². The van der Waals surface area contributed by atoms with E-state index in [9.17, 15) is 13.2 Å². The van der Waals surface area contributed by atoms with Crippen molar-refractivity contribution in [3.8, 4) is 0 Å². The third kappa shape index (κ3) is 3.52. The van der Waals surface area contributed by atoms with Gasteiger partial charge >= 0.3 is 0 Å². The number of amides is 1. The molecule has 0 saturated carbocycles. The first-order chi connectivity index (χ1) is 10.3. The fourth-order valence-electron chi connectivity index (χ4n) is 1.99. The third-order valence-electron chi connectivity index (χ3n) is 3.32. The predicted octanol–water partition coefficient (Wildman–Crippen LogP) is 2.46. The van der Waals surface area contributed by atoms with Crippen molar-refractivity contribution >= 4 is 21.6 Å². The zero-order valence-electron chi connectivity index (χ0n) is 12.7. The minimum Gasteiger partial charge on any atom is -0.322 e. The monoisotopic (exact) mass is 318 g/mol. The average Bonchev–Trinajstić information content (AvgIpc) is 2.51. The number of benzene rings is 2. The molecule has 0 fully saturated rings. The van der Waals surface area contributed by atoms with E-state index in [0.717, 1.165) is 11.1 Å². The van der Waals surface area contributed by atoms with Crippen LogP contribution in [0, 0.1) is 13.8 Å². The summed E-state index contributed by atoms with van der Waals surface area (Å²) in [5.41, 5.74) is 2.98. The number of anilines is 1. The Morgan fingerprint density at radius 2 is 1.77 bits per heavy atom. The highest BCUT2D eigenvalue weighted by Crippen LogP contribution is 2.18. The molecule has 0 unspecified atom stereocenters. The van der Waals surface area contributed by atoms with Crippen LogP contribution in [0.1, 0.15) is 21.5 Å². The van der Waals surface area contributed by atoms with Crippen LogP contribution >= 0.6 is 0 Å². The minimum atomic E-state index is -3.57. The number of hydrogen-bond donors (Lipinski definition) is 2. The fourth-order valence-corrected chi connectivity index (χ4v) is 2.76. The van der Waals surface area contributed by atoms with Gasteiger partial charge in [-0.25, -0.2) is 13.1 Å². The molecule has 5 nitrogen and oxygen atoms in total. The van der Waals surface area contributed by atoms with Crippen LogP contribution in [0.4, 0.5) is 5.69 Å². The summed E-state index contributed by atoms with van der Waals surface area (Å²) >= 11 is 0. The van der Waals surface area contributed by atoms with E-state index in [1.54, 1.807) is 12.1 Å². The second-order valence-corrected chi connectivity index (χ2v) is 6.89. The summed E-state index contributed by atoms with van der Waals surface area (Å²) in [5.74, 6) is -0.346. The van der Waals surface area contributed by atoms with E-state index in [-0.39, 0.29) is 16.4 Å². The second-order valence-electron chi connectivity index (χ2n) is 5.01. The van der Waals surface area contributed by atoms with Crippen molar-refractivity contribution in [3.63, 3.8) is 0 Å². The number of hydrogen-bond acceptors (Lipinski definition) is 3. The number of sulfonamides is 1. The molecule has 6 heteroatoms. The van der Waals surface area contributed by atoms with Gasteiger partial charge in [-0.1, -0.05) is 18.2 Å². The van der Waals surface area contributed by atoms with Crippen molar-refractivity contribution in [2.24, 2.45) is 0 Å². The van der Waals surface area contributed by atoms with Crippen molar-refractivity contribution in [2.75, 3.05) is 12.4 Å². The van der Waals surface area contributed by atoms with E-state index in [2.05, 4.69) is 10.0 Å². The summed E-state index contributed by atoms with van der Waals surface area (Å²) in [6.45, 7) is 3.84. The first-order valence-corrected chi connectivity index (χ1v) is 8.24. The van der Waals surface area contributed by atoms with Gasteiger partial charge in [0, 0.05) is 11.3 Å². The molecular weight excluding hydrogens is 300 g/mol. The Hall–Kier alpha value is -2.18. The van der Waals surface area contributed by atoms with E-state index in [0.29, 0.717) is 5.69 Å². The van der Waals surface area contributed by atoms with Gasteiger partial charge in [0.2, 0.25) is 10.0 Å². The highest BCUT2D eigenvalue weighted by Gasteiger charge is 2.14. The molecule has 0 atom stereocenters. The number of rotatable bonds is 4. The number of nitrogens with one attached hydrogen (secondary N) is 2. The molecule has 0 aliphatic rings. The van der Waals surface area contributed by atoms with E-state index >= 15 is 0 Å². The third-order valence-corrected chi connectivity index (χ3v) is 4.73. The van der Waals surface area contributed by atoms with Gasteiger partial charge in [-0.2, -0.15) is 0 Å². The highest BCUT2D eigenvalue weighted by atomic mass is 32.2. The summed E-state index contributed by atoms with van der Waals surface area (Å²) in [6.07, 6.45) is 0. The molecular formula is C16H18N2O3S. The first kappa shape index (κ1) is 16.2. The molecule has 0 radical (unpaired) electrons. The molecule has 0 aliphatic carbocycles. The van der Waals surface area contributed by atoms with Crippen LogP contribution in [0.5, 0.6) is 0 Å². The van der Waals surface area contributed by atoms with Gasteiger partial charge in [0.15, 0.2) is 0 Å². The topological polar surface area (TPSA) is 75.3 Å². The predicted molar refractivity (Wildman–Crippen MR) is 86.6 cm³/mol. The molecule has 2 N–H and O–H groups in total. The summed E-state index contributed by atoms with van der Waals surface area (Å²) < 4.78 is 25.8. The van der Waals surface area contributed by atoms with E-state index in [1.807, 2.05) is 32.0 Å². The van der Waals surface area contributed by atoms with Gasteiger partial charge in [0.05, 0.1) is 4.90 Å². The van der Waals surface area contributed by atoms with Crippen LogP contribution in [0.2, 0.25) is 0 Å². The molecule has 1 amide bonds. The van der Waals surface area contributed by atoms with Gasteiger partial charge in [0.25, 0.3) is 5.91 Å². The Bertz CT molecular complexity index is 814. The highest BCUT2D eigenvalue weighted by molar-refractivity contribution is 7.89. The quantitative estimate of drug-likeness (QED) is 0.909. The Labute approximate surface area is 130 Å². The molecule has 0 bridgehead atoms.